The van der Waals surface area contributed by atoms with Gasteiger partial charge in [-0.15, -0.1) is 0 Å². The number of H-pyrrole nitrogens is 1. The molecule has 1 aliphatic rings. The van der Waals surface area contributed by atoms with Crippen LogP contribution in [0.3, 0.4) is 0 Å². The van der Waals surface area contributed by atoms with Gasteiger partial charge in [0.1, 0.15) is 5.75 Å². The highest BCUT2D eigenvalue weighted by atomic mass is 35.5. The van der Waals surface area contributed by atoms with Gasteiger partial charge in [-0.05, 0) is 49.1 Å². The number of para-hydroxylation sites is 1. The van der Waals surface area contributed by atoms with E-state index in [1.807, 2.05) is 12.1 Å². The lowest BCUT2D eigenvalue weighted by atomic mass is 9.91. The second kappa shape index (κ2) is 7.22. The summed E-state index contributed by atoms with van der Waals surface area (Å²) in [5.41, 5.74) is 3.74. The van der Waals surface area contributed by atoms with Gasteiger partial charge in [0.2, 0.25) is 0 Å². The van der Waals surface area contributed by atoms with Gasteiger partial charge in [0.15, 0.2) is 6.61 Å². The maximum Gasteiger partial charge on any atom is 0.258 e. The highest BCUT2D eigenvalue weighted by molar-refractivity contribution is 6.35. The van der Waals surface area contributed by atoms with Crippen molar-refractivity contribution in [3.8, 4) is 5.75 Å². The van der Waals surface area contributed by atoms with E-state index >= 15 is 0 Å². The van der Waals surface area contributed by atoms with E-state index in [9.17, 15) is 4.79 Å². The first kappa shape index (κ1) is 17.3. The fraction of sp³-hybridized carbons (Fsp3) is 0.250. The molecule has 2 N–H and O–H groups in total. The zero-order valence-corrected chi connectivity index (χ0v) is 15.5. The fourth-order valence-corrected chi connectivity index (χ4v) is 3.96. The summed E-state index contributed by atoms with van der Waals surface area (Å²) in [4.78, 5) is 15.7. The Bertz CT molecular complexity index is 968. The summed E-state index contributed by atoms with van der Waals surface area (Å²) in [5.74, 6) is 0.304. The summed E-state index contributed by atoms with van der Waals surface area (Å²) in [5, 5.41) is 5.24. The van der Waals surface area contributed by atoms with Crippen LogP contribution in [0.2, 0.25) is 10.0 Å². The molecule has 0 bridgehead atoms. The van der Waals surface area contributed by atoms with Crippen molar-refractivity contribution in [2.24, 2.45) is 0 Å². The molecule has 3 aromatic rings. The smallest absolute Gasteiger partial charge is 0.258 e. The average molecular weight is 389 g/mol. The molecule has 2 aromatic carbocycles. The van der Waals surface area contributed by atoms with Gasteiger partial charge in [-0.1, -0.05) is 41.4 Å². The highest BCUT2D eigenvalue weighted by Crippen LogP contribution is 2.29. The third-order valence-electron chi connectivity index (χ3n) is 4.71. The summed E-state index contributed by atoms with van der Waals surface area (Å²) in [6.07, 6.45) is 2.67. The number of rotatable bonds is 4. The van der Waals surface area contributed by atoms with Crippen molar-refractivity contribution < 1.29 is 9.53 Å². The normalized spacial score (nSPS) is 16.3. The lowest BCUT2D eigenvalue weighted by Crippen LogP contribution is -2.41. The number of aromatic amines is 1. The van der Waals surface area contributed by atoms with Crippen LogP contribution in [-0.2, 0) is 17.6 Å². The van der Waals surface area contributed by atoms with Crippen LogP contribution in [0.15, 0.2) is 42.5 Å². The Hall–Kier alpha value is -2.17. The van der Waals surface area contributed by atoms with Crippen LogP contribution in [-0.4, -0.2) is 23.5 Å². The summed E-state index contributed by atoms with van der Waals surface area (Å²) in [6.45, 7) is -0.0708. The minimum atomic E-state index is -0.149. The van der Waals surface area contributed by atoms with Crippen molar-refractivity contribution in [1.29, 1.82) is 0 Å². The monoisotopic (exact) mass is 388 g/mol. The summed E-state index contributed by atoms with van der Waals surface area (Å²) in [6, 6.07) is 13.3. The molecule has 1 unspecified atom stereocenters. The molecular weight excluding hydrogens is 371 g/mol. The van der Waals surface area contributed by atoms with Gasteiger partial charge in [0.05, 0.1) is 5.02 Å². The zero-order chi connectivity index (χ0) is 18.1. The first-order chi connectivity index (χ1) is 12.6. The molecule has 134 valence electrons. The molecule has 1 amide bonds. The SMILES string of the molecule is O=C(COc1ccc(Cl)cc1Cl)NC1CCc2[nH]c3ccccc3c2C1. The average Bonchev–Trinajstić information content (AvgIpc) is 2.99. The molecule has 0 saturated carbocycles. The van der Waals surface area contributed by atoms with Gasteiger partial charge in [-0.2, -0.15) is 0 Å². The van der Waals surface area contributed by atoms with E-state index in [4.69, 9.17) is 27.9 Å². The van der Waals surface area contributed by atoms with Crippen molar-refractivity contribution in [3.63, 3.8) is 0 Å². The number of hydrogen-bond acceptors (Lipinski definition) is 2. The highest BCUT2D eigenvalue weighted by Gasteiger charge is 2.23. The molecule has 0 saturated heterocycles. The van der Waals surface area contributed by atoms with Gasteiger partial charge in [-0.25, -0.2) is 0 Å². The number of aromatic nitrogens is 1. The van der Waals surface area contributed by atoms with Gasteiger partial charge >= 0.3 is 0 Å². The van der Waals surface area contributed by atoms with Crippen LogP contribution in [0.25, 0.3) is 10.9 Å². The van der Waals surface area contributed by atoms with Crippen LogP contribution in [0.1, 0.15) is 17.7 Å². The van der Waals surface area contributed by atoms with E-state index in [-0.39, 0.29) is 18.6 Å². The Kier molecular flexibility index (Phi) is 4.79. The predicted octanol–water partition coefficient (Wildman–Crippen LogP) is 4.53. The molecule has 1 aliphatic carbocycles. The third kappa shape index (κ3) is 3.53. The van der Waals surface area contributed by atoms with Crippen molar-refractivity contribution in [3.05, 3.63) is 63.8 Å². The number of fused-ring (bicyclic) bond motifs is 3. The number of benzene rings is 2. The van der Waals surface area contributed by atoms with E-state index in [0.717, 1.165) is 24.8 Å². The van der Waals surface area contributed by atoms with Crippen LogP contribution in [0.4, 0.5) is 0 Å². The Morgan fingerprint density at radius 3 is 2.92 bits per heavy atom. The van der Waals surface area contributed by atoms with E-state index in [0.29, 0.717) is 15.8 Å². The molecule has 4 nitrogen and oxygen atoms in total. The van der Waals surface area contributed by atoms with Crippen LogP contribution < -0.4 is 10.1 Å². The summed E-state index contributed by atoms with van der Waals surface area (Å²) >= 11 is 11.9. The quantitative estimate of drug-likeness (QED) is 0.689. The predicted molar refractivity (Wildman–Crippen MR) is 104 cm³/mol. The molecular formula is C20H18Cl2N2O2. The molecule has 4 rings (SSSR count). The number of carbonyl (C=O) groups excluding carboxylic acids is 1. The molecule has 1 aromatic heterocycles. The zero-order valence-electron chi connectivity index (χ0n) is 14.0. The lowest BCUT2D eigenvalue weighted by Gasteiger charge is -2.23. The van der Waals surface area contributed by atoms with E-state index in [1.54, 1.807) is 18.2 Å². The van der Waals surface area contributed by atoms with E-state index in [2.05, 4.69) is 22.4 Å². The number of ether oxygens (including phenoxy) is 1. The minimum Gasteiger partial charge on any atom is -0.482 e. The maximum atomic E-state index is 12.3. The number of aryl methyl sites for hydroxylation is 1. The number of nitrogens with one attached hydrogen (secondary N) is 2. The lowest BCUT2D eigenvalue weighted by molar-refractivity contribution is -0.123. The number of carbonyl (C=O) groups is 1. The number of hydrogen-bond donors (Lipinski definition) is 2. The van der Waals surface area contributed by atoms with Gasteiger partial charge in [0.25, 0.3) is 5.91 Å². The fourth-order valence-electron chi connectivity index (χ4n) is 3.50. The molecule has 0 fully saturated rings. The molecule has 0 aliphatic heterocycles. The first-order valence-electron chi connectivity index (χ1n) is 8.56. The number of amides is 1. The Balaban J connectivity index is 1.38. The van der Waals surface area contributed by atoms with E-state index in [1.165, 1.54) is 16.6 Å². The largest absolute Gasteiger partial charge is 0.482 e. The van der Waals surface area contributed by atoms with Gasteiger partial charge in [0, 0.05) is 27.7 Å². The second-order valence-electron chi connectivity index (χ2n) is 6.50. The summed E-state index contributed by atoms with van der Waals surface area (Å²) < 4.78 is 5.51. The van der Waals surface area contributed by atoms with Crippen LogP contribution in [0, 0.1) is 0 Å². The van der Waals surface area contributed by atoms with Crippen molar-refractivity contribution in [1.82, 2.24) is 10.3 Å². The van der Waals surface area contributed by atoms with Gasteiger partial charge < -0.3 is 15.0 Å². The second-order valence-corrected chi connectivity index (χ2v) is 7.34. The number of halogens is 2. The molecule has 0 spiro atoms. The van der Waals surface area contributed by atoms with Gasteiger partial charge in [-0.3, -0.25) is 4.79 Å². The minimum absolute atomic E-state index is 0.0708. The van der Waals surface area contributed by atoms with Crippen molar-refractivity contribution in [2.45, 2.75) is 25.3 Å². The standard InChI is InChI=1S/C20H18Cl2N2O2/c21-12-5-8-19(16(22)9-12)26-11-20(25)23-13-6-7-18-15(10-13)14-3-1-2-4-17(14)24-18/h1-5,8-9,13,24H,6-7,10-11H2,(H,23,25). The Morgan fingerprint density at radius 1 is 1.23 bits per heavy atom. The van der Waals surface area contributed by atoms with Crippen LogP contribution in [0.5, 0.6) is 5.75 Å². The third-order valence-corrected chi connectivity index (χ3v) is 5.24. The van der Waals surface area contributed by atoms with E-state index < -0.39 is 0 Å². The Labute approximate surface area is 161 Å². The molecule has 6 heteroatoms. The van der Waals surface area contributed by atoms with Crippen molar-refractivity contribution >= 4 is 40.0 Å². The molecule has 1 heterocycles. The summed E-state index contributed by atoms with van der Waals surface area (Å²) in [7, 11) is 0. The topological polar surface area (TPSA) is 54.1 Å². The first-order valence-corrected chi connectivity index (χ1v) is 9.31. The molecule has 0 radical (unpaired) electrons. The molecule has 26 heavy (non-hydrogen) atoms. The Morgan fingerprint density at radius 2 is 2.08 bits per heavy atom. The van der Waals surface area contributed by atoms with Crippen LogP contribution >= 0.6 is 23.2 Å². The molecule has 1 atom stereocenters. The maximum absolute atomic E-state index is 12.3. The van der Waals surface area contributed by atoms with Crippen molar-refractivity contribution in [2.75, 3.05) is 6.61 Å².